The van der Waals surface area contributed by atoms with Gasteiger partial charge in [0.05, 0.1) is 7.11 Å². The Kier molecular flexibility index (Phi) is 4.53. The maximum absolute atomic E-state index is 12.8. The van der Waals surface area contributed by atoms with Gasteiger partial charge in [0, 0.05) is 5.56 Å². The minimum absolute atomic E-state index is 0.271. The van der Waals surface area contributed by atoms with E-state index in [9.17, 15) is 4.39 Å². The number of halogens is 1. The van der Waals surface area contributed by atoms with Gasteiger partial charge in [-0.05, 0) is 35.9 Å². The first-order valence-electron chi connectivity index (χ1n) is 5.95. The predicted octanol–water partition coefficient (Wildman–Crippen LogP) is 3.05. The SMILES string of the molecule is COc1cc(C(N)=S)ccc1OCc1ccc(F)cc1. The van der Waals surface area contributed by atoms with Crippen molar-refractivity contribution < 1.29 is 13.9 Å². The van der Waals surface area contributed by atoms with Gasteiger partial charge in [-0.25, -0.2) is 4.39 Å². The number of ether oxygens (including phenoxy) is 2. The molecule has 0 saturated carbocycles. The average Bonchev–Trinajstić information content (AvgIpc) is 2.46. The molecule has 0 heterocycles. The van der Waals surface area contributed by atoms with Crippen LogP contribution in [0, 0.1) is 5.82 Å². The van der Waals surface area contributed by atoms with Gasteiger partial charge < -0.3 is 15.2 Å². The van der Waals surface area contributed by atoms with Gasteiger partial charge in [-0.15, -0.1) is 0 Å². The molecular weight excluding hydrogens is 277 g/mol. The highest BCUT2D eigenvalue weighted by Crippen LogP contribution is 2.28. The lowest BCUT2D eigenvalue weighted by atomic mass is 10.2. The highest BCUT2D eigenvalue weighted by Gasteiger charge is 2.07. The summed E-state index contributed by atoms with van der Waals surface area (Å²) in [7, 11) is 1.55. The summed E-state index contributed by atoms with van der Waals surface area (Å²) in [6, 6.07) is 11.4. The number of hydrogen-bond donors (Lipinski definition) is 1. The lowest BCUT2D eigenvalue weighted by molar-refractivity contribution is 0.284. The van der Waals surface area contributed by atoms with E-state index in [1.807, 2.05) is 0 Å². The fourth-order valence-corrected chi connectivity index (χ4v) is 1.81. The van der Waals surface area contributed by atoms with E-state index in [0.29, 0.717) is 28.7 Å². The summed E-state index contributed by atoms with van der Waals surface area (Å²) >= 11 is 4.91. The first-order chi connectivity index (χ1) is 9.60. The van der Waals surface area contributed by atoms with Crippen LogP contribution in [0.4, 0.5) is 4.39 Å². The summed E-state index contributed by atoms with van der Waals surface area (Å²) in [5.74, 6) is 0.862. The normalized spacial score (nSPS) is 10.1. The molecule has 0 saturated heterocycles. The van der Waals surface area contributed by atoms with Crippen molar-refractivity contribution in [3.05, 3.63) is 59.4 Å². The Bertz CT molecular complexity index is 614. The lowest BCUT2D eigenvalue weighted by Gasteiger charge is -2.12. The minimum atomic E-state index is -0.271. The Hall–Kier alpha value is -2.14. The van der Waals surface area contributed by atoms with Gasteiger partial charge >= 0.3 is 0 Å². The highest BCUT2D eigenvalue weighted by molar-refractivity contribution is 7.80. The van der Waals surface area contributed by atoms with Crippen LogP contribution in [0.1, 0.15) is 11.1 Å². The molecule has 0 aromatic heterocycles. The van der Waals surface area contributed by atoms with Crippen molar-refractivity contribution in [1.29, 1.82) is 0 Å². The largest absolute Gasteiger partial charge is 0.493 e. The molecule has 20 heavy (non-hydrogen) atoms. The van der Waals surface area contributed by atoms with Crippen LogP contribution < -0.4 is 15.2 Å². The van der Waals surface area contributed by atoms with Gasteiger partial charge in [0.25, 0.3) is 0 Å². The Balaban J connectivity index is 2.12. The molecule has 0 atom stereocenters. The summed E-state index contributed by atoms with van der Waals surface area (Å²) in [4.78, 5) is 0.299. The second-order valence-corrected chi connectivity index (χ2v) is 4.58. The zero-order chi connectivity index (χ0) is 14.5. The van der Waals surface area contributed by atoms with E-state index in [-0.39, 0.29) is 5.82 Å². The smallest absolute Gasteiger partial charge is 0.161 e. The third-order valence-corrected chi connectivity index (χ3v) is 2.99. The van der Waals surface area contributed by atoms with Gasteiger partial charge in [0.15, 0.2) is 11.5 Å². The zero-order valence-corrected chi connectivity index (χ0v) is 11.7. The molecule has 0 aliphatic rings. The molecule has 0 unspecified atom stereocenters. The third-order valence-electron chi connectivity index (χ3n) is 2.76. The molecule has 104 valence electrons. The molecule has 0 aliphatic heterocycles. The molecule has 0 bridgehead atoms. The fourth-order valence-electron chi connectivity index (χ4n) is 1.68. The van der Waals surface area contributed by atoms with Crippen LogP contribution in [0.5, 0.6) is 11.5 Å². The second kappa shape index (κ2) is 6.34. The predicted molar refractivity (Wildman–Crippen MR) is 79.6 cm³/mol. The van der Waals surface area contributed by atoms with Crippen LogP contribution in [-0.4, -0.2) is 12.1 Å². The monoisotopic (exact) mass is 291 g/mol. The molecule has 0 fully saturated rings. The van der Waals surface area contributed by atoms with Crippen molar-refractivity contribution in [2.24, 2.45) is 5.73 Å². The molecule has 2 rings (SSSR count). The van der Waals surface area contributed by atoms with Crippen LogP contribution >= 0.6 is 12.2 Å². The fraction of sp³-hybridized carbons (Fsp3) is 0.133. The maximum Gasteiger partial charge on any atom is 0.161 e. The number of nitrogens with two attached hydrogens (primary N) is 1. The van der Waals surface area contributed by atoms with Crippen LogP contribution in [-0.2, 0) is 6.61 Å². The standard InChI is InChI=1S/C15H14FNO2S/c1-18-14-8-11(15(17)20)4-7-13(14)19-9-10-2-5-12(16)6-3-10/h2-8H,9H2,1H3,(H2,17,20). The number of methoxy groups -OCH3 is 1. The van der Waals surface area contributed by atoms with Crippen LogP contribution in [0.15, 0.2) is 42.5 Å². The van der Waals surface area contributed by atoms with E-state index in [0.717, 1.165) is 5.56 Å². The second-order valence-electron chi connectivity index (χ2n) is 4.15. The number of thiocarbonyl (C=S) groups is 1. The van der Waals surface area contributed by atoms with Gasteiger partial charge in [-0.2, -0.15) is 0 Å². The Morgan fingerprint density at radius 1 is 1.15 bits per heavy atom. The van der Waals surface area contributed by atoms with Crippen molar-refractivity contribution in [3.8, 4) is 11.5 Å². The van der Waals surface area contributed by atoms with Gasteiger partial charge in [0.2, 0.25) is 0 Å². The first-order valence-corrected chi connectivity index (χ1v) is 6.36. The van der Waals surface area contributed by atoms with E-state index < -0.39 is 0 Å². The van der Waals surface area contributed by atoms with Crippen molar-refractivity contribution >= 4 is 17.2 Å². The van der Waals surface area contributed by atoms with Crippen molar-refractivity contribution in [1.82, 2.24) is 0 Å². The Morgan fingerprint density at radius 2 is 1.85 bits per heavy atom. The maximum atomic E-state index is 12.8. The van der Waals surface area contributed by atoms with E-state index in [1.54, 1.807) is 37.4 Å². The van der Waals surface area contributed by atoms with E-state index >= 15 is 0 Å². The quantitative estimate of drug-likeness (QED) is 0.860. The van der Waals surface area contributed by atoms with Crippen LogP contribution in [0.25, 0.3) is 0 Å². The van der Waals surface area contributed by atoms with Crippen LogP contribution in [0.2, 0.25) is 0 Å². The summed E-state index contributed by atoms with van der Waals surface area (Å²) in [5, 5.41) is 0. The third kappa shape index (κ3) is 3.45. The molecule has 5 heteroatoms. The molecule has 3 nitrogen and oxygen atoms in total. The molecule has 0 amide bonds. The summed E-state index contributed by atoms with van der Waals surface area (Å²) in [5.41, 5.74) is 7.15. The summed E-state index contributed by atoms with van der Waals surface area (Å²) in [6.07, 6.45) is 0. The van der Waals surface area contributed by atoms with Gasteiger partial charge in [-0.1, -0.05) is 24.4 Å². The zero-order valence-electron chi connectivity index (χ0n) is 10.9. The topological polar surface area (TPSA) is 44.5 Å². The Morgan fingerprint density at radius 3 is 2.45 bits per heavy atom. The van der Waals surface area contributed by atoms with Crippen LogP contribution in [0.3, 0.4) is 0 Å². The average molecular weight is 291 g/mol. The summed E-state index contributed by atoms with van der Waals surface area (Å²) in [6.45, 7) is 0.322. The molecule has 2 aromatic carbocycles. The number of rotatable bonds is 5. The van der Waals surface area contributed by atoms with E-state index in [1.165, 1.54) is 12.1 Å². The van der Waals surface area contributed by atoms with E-state index in [2.05, 4.69) is 0 Å². The number of hydrogen-bond acceptors (Lipinski definition) is 3. The summed E-state index contributed by atoms with van der Waals surface area (Å²) < 4.78 is 23.7. The minimum Gasteiger partial charge on any atom is -0.493 e. The molecule has 2 N–H and O–H groups in total. The van der Waals surface area contributed by atoms with Crippen molar-refractivity contribution in [2.75, 3.05) is 7.11 Å². The molecule has 0 spiro atoms. The van der Waals surface area contributed by atoms with Gasteiger partial charge in [0.1, 0.15) is 17.4 Å². The highest BCUT2D eigenvalue weighted by atomic mass is 32.1. The first kappa shape index (κ1) is 14.3. The molecular formula is C15H14FNO2S. The number of benzene rings is 2. The lowest BCUT2D eigenvalue weighted by Crippen LogP contribution is -2.09. The van der Waals surface area contributed by atoms with Gasteiger partial charge in [-0.3, -0.25) is 0 Å². The van der Waals surface area contributed by atoms with E-state index in [4.69, 9.17) is 27.4 Å². The van der Waals surface area contributed by atoms with Crippen molar-refractivity contribution in [3.63, 3.8) is 0 Å². The van der Waals surface area contributed by atoms with Crippen molar-refractivity contribution in [2.45, 2.75) is 6.61 Å². The molecule has 0 radical (unpaired) electrons. The molecule has 2 aromatic rings. The Labute approximate surface area is 122 Å². The molecule has 0 aliphatic carbocycles.